The number of fused-ring (bicyclic) bond motifs is 1. The fraction of sp³-hybridized carbons (Fsp3) is 0.500. The number of likely N-dealkylation sites (tertiary alicyclic amines) is 1. The van der Waals surface area contributed by atoms with Crippen LogP contribution < -0.4 is 0 Å². The Labute approximate surface area is 149 Å². The van der Waals surface area contributed by atoms with Gasteiger partial charge in [-0.25, -0.2) is 4.79 Å². The first-order chi connectivity index (χ1) is 11.5. The molecule has 1 aromatic carbocycles. The lowest BCUT2D eigenvalue weighted by Crippen LogP contribution is -2.44. The molecule has 2 aliphatic rings. The third-order valence-corrected chi connectivity index (χ3v) is 5.43. The van der Waals surface area contributed by atoms with E-state index in [4.69, 9.17) is 4.74 Å². The lowest BCUT2D eigenvalue weighted by molar-refractivity contribution is -0.159. The molecule has 3 atom stereocenters. The van der Waals surface area contributed by atoms with Crippen LogP contribution in [0.4, 0.5) is 0 Å². The fourth-order valence-corrected chi connectivity index (χ4v) is 3.80. The van der Waals surface area contributed by atoms with Crippen LogP contribution in [0.3, 0.4) is 0 Å². The van der Waals surface area contributed by atoms with Crippen LogP contribution in [0.5, 0.6) is 0 Å². The zero-order chi connectivity index (χ0) is 17.3. The van der Waals surface area contributed by atoms with Crippen molar-refractivity contribution in [2.24, 2.45) is 11.8 Å². The van der Waals surface area contributed by atoms with Crippen LogP contribution in [0.15, 0.2) is 28.7 Å². The van der Waals surface area contributed by atoms with Gasteiger partial charge in [0.15, 0.2) is 0 Å². The van der Waals surface area contributed by atoms with E-state index in [-0.39, 0.29) is 30.3 Å². The first kappa shape index (κ1) is 17.1. The lowest BCUT2D eigenvalue weighted by Gasteiger charge is -2.21. The molecular weight excluding hydrogens is 374 g/mol. The van der Waals surface area contributed by atoms with Crippen molar-refractivity contribution in [2.75, 3.05) is 0 Å². The highest BCUT2D eigenvalue weighted by Gasteiger charge is 2.51. The van der Waals surface area contributed by atoms with Crippen LogP contribution in [0.1, 0.15) is 38.2 Å². The van der Waals surface area contributed by atoms with E-state index in [1.54, 1.807) is 6.92 Å². The van der Waals surface area contributed by atoms with E-state index in [2.05, 4.69) is 15.9 Å². The topological polar surface area (TPSA) is 63.7 Å². The van der Waals surface area contributed by atoms with Crippen LogP contribution in [-0.2, 0) is 25.7 Å². The van der Waals surface area contributed by atoms with Crippen molar-refractivity contribution in [2.45, 2.75) is 45.3 Å². The molecule has 0 N–H and O–H groups in total. The highest BCUT2D eigenvalue weighted by atomic mass is 79.9. The van der Waals surface area contributed by atoms with Gasteiger partial charge in [0.05, 0.1) is 11.8 Å². The predicted molar refractivity (Wildman–Crippen MR) is 90.7 cm³/mol. The molecule has 3 rings (SSSR count). The van der Waals surface area contributed by atoms with E-state index < -0.39 is 12.0 Å². The second-order valence-electron chi connectivity index (χ2n) is 6.45. The molecule has 1 saturated carbocycles. The molecule has 1 aromatic rings. The Bertz CT molecular complexity index is 633. The van der Waals surface area contributed by atoms with E-state index in [1.165, 1.54) is 0 Å². The summed E-state index contributed by atoms with van der Waals surface area (Å²) < 4.78 is 6.24. The summed E-state index contributed by atoms with van der Waals surface area (Å²) in [7, 11) is 0. The number of carbonyl (C=O) groups excluding carboxylic acids is 3. The summed E-state index contributed by atoms with van der Waals surface area (Å²) in [6, 6.07) is 6.56. The molecular formula is C18H20BrNO4. The molecule has 1 aliphatic heterocycles. The van der Waals surface area contributed by atoms with Gasteiger partial charge in [0.2, 0.25) is 11.8 Å². The number of esters is 1. The van der Waals surface area contributed by atoms with Gasteiger partial charge >= 0.3 is 5.97 Å². The molecule has 6 heteroatoms. The third kappa shape index (κ3) is 3.24. The third-order valence-electron chi connectivity index (χ3n) is 4.90. The number of hydrogen-bond donors (Lipinski definition) is 0. The summed E-state index contributed by atoms with van der Waals surface area (Å²) in [5.74, 6) is -1.45. The fourth-order valence-electron chi connectivity index (χ4n) is 3.53. The number of amides is 2. The van der Waals surface area contributed by atoms with Crippen LogP contribution in [0.25, 0.3) is 0 Å². The number of rotatable bonds is 4. The highest BCUT2D eigenvalue weighted by molar-refractivity contribution is 9.10. The smallest absolute Gasteiger partial charge is 0.329 e. The average Bonchev–Trinajstić information content (AvgIpc) is 2.85. The van der Waals surface area contributed by atoms with Crippen molar-refractivity contribution in [1.29, 1.82) is 0 Å². The number of halogens is 1. The second kappa shape index (κ2) is 7.05. The first-order valence-electron chi connectivity index (χ1n) is 8.27. The molecule has 5 nitrogen and oxygen atoms in total. The zero-order valence-electron chi connectivity index (χ0n) is 13.5. The van der Waals surface area contributed by atoms with Crippen molar-refractivity contribution in [3.63, 3.8) is 0 Å². The highest BCUT2D eigenvalue weighted by Crippen LogP contribution is 2.38. The van der Waals surface area contributed by atoms with Crippen molar-refractivity contribution in [3.8, 4) is 0 Å². The molecule has 2 fully saturated rings. The van der Waals surface area contributed by atoms with Crippen LogP contribution in [0, 0.1) is 11.8 Å². The Morgan fingerprint density at radius 2 is 1.71 bits per heavy atom. The molecule has 0 radical (unpaired) electrons. The first-order valence-corrected chi connectivity index (χ1v) is 9.06. The standard InChI is InChI=1S/C18H20BrNO4/c1-11(18(23)24-10-12-6-8-13(19)9-7-12)20-16(21)14-4-2-3-5-15(14)17(20)22/h6-9,11,14-15H,2-5,10H2,1H3/t11-,14+,15+/m0/s1. The quantitative estimate of drug-likeness (QED) is 0.582. The second-order valence-corrected chi connectivity index (χ2v) is 7.37. The summed E-state index contributed by atoms with van der Waals surface area (Å²) in [6.45, 7) is 1.69. The van der Waals surface area contributed by atoms with Crippen LogP contribution >= 0.6 is 15.9 Å². The molecule has 24 heavy (non-hydrogen) atoms. The van der Waals surface area contributed by atoms with Gasteiger partial charge in [0.1, 0.15) is 12.6 Å². The minimum Gasteiger partial charge on any atom is -0.459 e. The Kier molecular flexibility index (Phi) is 5.04. The molecule has 1 heterocycles. The Hall–Kier alpha value is -1.69. The Balaban J connectivity index is 1.63. The van der Waals surface area contributed by atoms with Gasteiger partial charge in [-0.1, -0.05) is 40.9 Å². The van der Waals surface area contributed by atoms with E-state index in [0.717, 1.165) is 40.6 Å². The maximum absolute atomic E-state index is 12.5. The number of carbonyl (C=O) groups is 3. The molecule has 0 spiro atoms. The van der Waals surface area contributed by atoms with Gasteiger partial charge in [-0.3, -0.25) is 14.5 Å². The Morgan fingerprint density at radius 1 is 1.17 bits per heavy atom. The number of ether oxygens (including phenoxy) is 1. The minimum absolute atomic E-state index is 0.125. The maximum Gasteiger partial charge on any atom is 0.329 e. The van der Waals surface area contributed by atoms with Gasteiger partial charge in [-0.15, -0.1) is 0 Å². The van der Waals surface area contributed by atoms with Crippen LogP contribution in [-0.4, -0.2) is 28.7 Å². The number of imide groups is 1. The van der Waals surface area contributed by atoms with E-state index in [1.807, 2.05) is 24.3 Å². The summed E-state index contributed by atoms with van der Waals surface area (Å²) >= 11 is 3.35. The van der Waals surface area contributed by atoms with Crippen LogP contribution in [0.2, 0.25) is 0 Å². The van der Waals surface area contributed by atoms with Crippen molar-refractivity contribution < 1.29 is 19.1 Å². The van der Waals surface area contributed by atoms with E-state index in [0.29, 0.717) is 0 Å². The normalized spacial score (nSPS) is 24.7. The lowest BCUT2D eigenvalue weighted by atomic mass is 9.81. The molecule has 0 bridgehead atoms. The summed E-state index contributed by atoms with van der Waals surface area (Å²) in [4.78, 5) is 38.4. The average molecular weight is 394 g/mol. The molecule has 1 saturated heterocycles. The van der Waals surface area contributed by atoms with Gasteiger partial charge in [0, 0.05) is 4.47 Å². The van der Waals surface area contributed by atoms with Gasteiger partial charge in [0.25, 0.3) is 0 Å². The number of nitrogens with zero attached hydrogens (tertiary/aromatic N) is 1. The molecule has 0 unspecified atom stereocenters. The van der Waals surface area contributed by atoms with Crippen molar-refractivity contribution in [1.82, 2.24) is 4.90 Å². The molecule has 128 valence electrons. The number of hydrogen-bond acceptors (Lipinski definition) is 4. The van der Waals surface area contributed by atoms with Gasteiger partial charge < -0.3 is 4.74 Å². The Morgan fingerprint density at radius 3 is 2.25 bits per heavy atom. The molecule has 1 aliphatic carbocycles. The SMILES string of the molecule is C[C@@H](C(=O)OCc1ccc(Br)cc1)N1C(=O)[C@@H]2CCCC[C@H]2C1=O. The van der Waals surface area contributed by atoms with E-state index >= 15 is 0 Å². The number of benzene rings is 1. The maximum atomic E-state index is 12.5. The van der Waals surface area contributed by atoms with E-state index in [9.17, 15) is 14.4 Å². The summed E-state index contributed by atoms with van der Waals surface area (Å²) in [5.41, 5.74) is 0.853. The van der Waals surface area contributed by atoms with Gasteiger partial charge in [-0.05, 0) is 37.5 Å². The molecule has 2 amide bonds. The summed E-state index contributed by atoms with van der Waals surface area (Å²) in [5, 5.41) is 0. The van der Waals surface area contributed by atoms with Crippen molar-refractivity contribution >= 4 is 33.7 Å². The summed E-state index contributed by atoms with van der Waals surface area (Å²) in [6.07, 6.45) is 3.42. The van der Waals surface area contributed by atoms with Crippen molar-refractivity contribution in [3.05, 3.63) is 34.3 Å². The largest absolute Gasteiger partial charge is 0.459 e. The predicted octanol–water partition coefficient (Wildman–Crippen LogP) is 3.06. The van der Waals surface area contributed by atoms with Gasteiger partial charge in [-0.2, -0.15) is 0 Å². The minimum atomic E-state index is -0.869. The monoisotopic (exact) mass is 393 g/mol. The molecule has 0 aromatic heterocycles. The zero-order valence-corrected chi connectivity index (χ0v) is 15.1.